The third-order valence-electron chi connectivity index (χ3n) is 3.75. The molecule has 0 spiro atoms. The number of hydrogen-bond donors (Lipinski definition) is 1. The molecule has 2 atom stereocenters. The Labute approximate surface area is 101 Å². The summed E-state index contributed by atoms with van der Waals surface area (Å²) in [5, 5.41) is 9.80. The van der Waals surface area contributed by atoms with Gasteiger partial charge in [0.1, 0.15) is 0 Å². The molecule has 1 aliphatic carbocycles. The number of amides is 2. The molecular weight excluding hydrogens is 220 g/mol. The minimum absolute atomic E-state index is 0.0575. The van der Waals surface area contributed by atoms with Crippen LogP contribution in [-0.4, -0.2) is 58.0 Å². The topological polar surface area (TPSA) is 60.9 Å². The second-order valence-electron chi connectivity index (χ2n) is 5.16. The van der Waals surface area contributed by atoms with Crippen LogP contribution in [0.1, 0.15) is 33.1 Å². The van der Waals surface area contributed by atoms with E-state index in [-0.39, 0.29) is 12.1 Å². The Bertz CT molecular complexity index is 330. The SMILES string of the molecule is CC(C)N1CCN([C@H]2CCC[C@@H]2O)C(=O)C1=O. The molecule has 1 heterocycles. The van der Waals surface area contributed by atoms with Crippen molar-refractivity contribution in [3.63, 3.8) is 0 Å². The Kier molecular flexibility index (Phi) is 3.38. The fourth-order valence-electron chi connectivity index (χ4n) is 2.76. The molecule has 17 heavy (non-hydrogen) atoms. The molecule has 1 saturated heterocycles. The molecule has 0 aromatic heterocycles. The van der Waals surface area contributed by atoms with E-state index in [1.54, 1.807) is 9.80 Å². The normalized spacial score (nSPS) is 30.6. The van der Waals surface area contributed by atoms with Gasteiger partial charge in [0.05, 0.1) is 12.1 Å². The Morgan fingerprint density at radius 1 is 1.18 bits per heavy atom. The molecule has 0 aromatic rings. The van der Waals surface area contributed by atoms with Crippen molar-refractivity contribution in [1.82, 2.24) is 9.80 Å². The number of aliphatic hydroxyl groups excluding tert-OH is 1. The van der Waals surface area contributed by atoms with Crippen molar-refractivity contribution in [2.75, 3.05) is 13.1 Å². The van der Waals surface area contributed by atoms with Crippen molar-refractivity contribution in [2.24, 2.45) is 0 Å². The first kappa shape index (κ1) is 12.4. The van der Waals surface area contributed by atoms with E-state index in [1.165, 1.54) is 0 Å². The molecule has 2 fully saturated rings. The van der Waals surface area contributed by atoms with Crippen molar-refractivity contribution in [3.05, 3.63) is 0 Å². The van der Waals surface area contributed by atoms with Gasteiger partial charge in [-0.3, -0.25) is 9.59 Å². The summed E-state index contributed by atoms with van der Waals surface area (Å²) in [6.45, 7) is 4.94. The Morgan fingerprint density at radius 2 is 1.88 bits per heavy atom. The molecule has 5 heteroatoms. The van der Waals surface area contributed by atoms with E-state index in [4.69, 9.17) is 0 Å². The summed E-state index contributed by atoms with van der Waals surface area (Å²) >= 11 is 0. The molecule has 0 unspecified atom stereocenters. The predicted molar refractivity (Wildman–Crippen MR) is 62.2 cm³/mol. The van der Waals surface area contributed by atoms with Gasteiger partial charge in [-0.15, -0.1) is 0 Å². The third kappa shape index (κ3) is 2.16. The zero-order valence-corrected chi connectivity index (χ0v) is 10.4. The summed E-state index contributed by atoms with van der Waals surface area (Å²) in [7, 11) is 0. The maximum atomic E-state index is 12.0. The van der Waals surface area contributed by atoms with Gasteiger partial charge in [-0.2, -0.15) is 0 Å². The number of piperazine rings is 1. The van der Waals surface area contributed by atoms with Gasteiger partial charge in [-0.1, -0.05) is 0 Å². The highest BCUT2D eigenvalue weighted by Gasteiger charge is 2.40. The van der Waals surface area contributed by atoms with Gasteiger partial charge in [-0.25, -0.2) is 0 Å². The monoisotopic (exact) mass is 240 g/mol. The van der Waals surface area contributed by atoms with Crippen LogP contribution in [0.2, 0.25) is 0 Å². The molecule has 1 saturated carbocycles. The van der Waals surface area contributed by atoms with Crippen LogP contribution in [0.5, 0.6) is 0 Å². The summed E-state index contributed by atoms with van der Waals surface area (Å²) < 4.78 is 0. The number of rotatable bonds is 2. The Balaban J connectivity index is 2.08. The van der Waals surface area contributed by atoms with Crippen LogP contribution < -0.4 is 0 Å². The highest BCUT2D eigenvalue weighted by Crippen LogP contribution is 2.26. The van der Waals surface area contributed by atoms with Crippen molar-refractivity contribution >= 4 is 11.8 Å². The maximum absolute atomic E-state index is 12.0. The van der Waals surface area contributed by atoms with Gasteiger partial charge in [0.25, 0.3) is 0 Å². The van der Waals surface area contributed by atoms with Crippen molar-refractivity contribution in [2.45, 2.75) is 51.3 Å². The zero-order valence-electron chi connectivity index (χ0n) is 10.4. The quantitative estimate of drug-likeness (QED) is 0.690. The maximum Gasteiger partial charge on any atom is 0.312 e. The fraction of sp³-hybridized carbons (Fsp3) is 0.833. The molecule has 0 bridgehead atoms. The second kappa shape index (κ2) is 4.64. The molecule has 0 radical (unpaired) electrons. The fourth-order valence-corrected chi connectivity index (χ4v) is 2.76. The van der Waals surface area contributed by atoms with Gasteiger partial charge >= 0.3 is 11.8 Å². The summed E-state index contributed by atoms with van der Waals surface area (Å²) in [6.07, 6.45) is 2.01. The highest BCUT2D eigenvalue weighted by molar-refractivity contribution is 6.35. The van der Waals surface area contributed by atoms with Crippen molar-refractivity contribution < 1.29 is 14.7 Å². The first-order valence-corrected chi connectivity index (χ1v) is 6.32. The van der Waals surface area contributed by atoms with E-state index in [1.807, 2.05) is 13.8 Å². The van der Waals surface area contributed by atoms with E-state index < -0.39 is 17.9 Å². The van der Waals surface area contributed by atoms with Crippen LogP contribution in [0.3, 0.4) is 0 Å². The second-order valence-corrected chi connectivity index (χ2v) is 5.16. The first-order valence-electron chi connectivity index (χ1n) is 6.32. The van der Waals surface area contributed by atoms with E-state index in [9.17, 15) is 14.7 Å². The van der Waals surface area contributed by atoms with Crippen LogP contribution in [0.4, 0.5) is 0 Å². The Hall–Kier alpha value is -1.10. The average molecular weight is 240 g/mol. The average Bonchev–Trinajstić information content (AvgIpc) is 2.68. The van der Waals surface area contributed by atoms with Crippen molar-refractivity contribution in [1.29, 1.82) is 0 Å². The van der Waals surface area contributed by atoms with Crippen LogP contribution >= 0.6 is 0 Å². The summed E-state index contributed by atoms with van der Waals surface area (Å²) in [5.41, 5.74) is 0. The number of hydrogen-bond acceptors (Lipinski definition) is 3. The molecule has 2 amide bonds. The van der Waals surface area contributed by atoms with Crippen LogP contribution in [0.15, 0.2) is 0 Å². The Morgan fingerprint density at radius 3 is 2.41 bits per heavy atom. The number of aliphatic hydroxyl groups is 1. The summed E-state index contributed by atoms with van der Waals surface area (Å²) in [5.74, 6) is -0.874. The molecule has 2 rings (SSSR count). The minimum atomic E-state index is -0.461. The molecule has 2 aliphatic rings. The molecule has 5 nitrogen and oxygen atoms in total. The van der Waals surface area contributed by atoms with Gasteiger partial charge in [0.2, 0.25) is 0 Å². The third-order valence-corrected chi connectivity index (χ3v) is 3.75. The van der Waals surface area contributed by atoms with E-state index >= 15 is 0 Å². The highest BCUT2D eigenvalue weighted by atomic mass is 16.3. The first-order chi connectivity index (χ1) is 8.02. The lowest BCUT2D eigenvalue weighted by Gasteiger charge is -2.39. The minimum Gasteiger partial charge on any atom is -0.391 e. The summed E-state index contributed by atoms with van der Waals surface area (Å²) in [4.78, 5) is 27.1. The molecule has 1 aliphatic heterocycles. The number of nitrogens with zero attached hydrogens (tertiary/aromatic N) is 2. The predicted octanol–water partition coefficient (Wildman–Crippen LogP) is -0.0210. The van der Waals surface area contributed by atoms with Crippen LogP contribution in [0.25, 0.3) is 0 Å². The number of carbonyl (C=O) groups is 2. The van der Waals surface area contributed by atoms with Gasteiger partial charge in [0, 0.05) is 19.1 Å². The smallest absolute Gasteiger partial charge is 0.312 e. The largest absolute Gasteiger partial charge is 0.391 e. The standard InChI is InChI=1S/C12H20N2O3/c1-8(2)13-6-7-14(12(17)11(13)16)9-4-3-5-10(9)15/h8-10,15H,3-7H2,1-2H3/t9-,10-/m0/s1. The van der Waals surface area contributed by atoms with Gasteiger partial charge < -0.3 is 14.9 Å². The van der Waals surface area contributed by atoms with E-state index in [2.05, 4.69) is 0 Å². The molecule has 1 N–H and O–H groups in total. The van der Waals surface area contributed by atoms with Crippen LogP contribution in [-0.2, 0) is 9.59 Å². The lowest BCUT2D eigenvalue weighted by atomic mass is 10.1. The molecule has 0 aromatic carbocycles. The number of carbonyl (C=O) groups excluding carboxylic acids is 2. The summed E-state index contributed by atoms with van der Waals surface area (Å²) in [6, 6.07) is -0.0946. The van der Waals surface area contributed by atoms with Gasteiger partial charge in [-0.05, 0) is 33.1 Å². The molecule has 96 valence electrons. The molecular formula is C12H20N2O3. The van der Waals surface area contributed by atoms with Crippen molar-refractivity contribution in [3.8, 4) is 0 Å². The lowest BCUT2D eigenvalue weighted by molar-refractivity contribution is -0.160. The van der Waals surface area contributed by atoms with Crippen LogP contribution in [0, 0.1) is 0 Å². The zero-order chi connectivity index (χ0) is 12.6. The van der Waals surface area contributed by atoms with E-state index in [0.29, 0.717) is 13.1 Å². The van der Waals surface area contributed by atoms with E-state index in [0.717, 1.165) is 19.3 Å². The lowest BCUT2D eigenvalue weighted by Crippen LogP contribution is -2.60. The van der Waals surface area contributed by atoms with Gasteiger partial charge in [0.15, 0.2) is 0 Å².